The average Bonchev–Trinajstić information content (AvgIpc) is 3.06. The highest BCUT2D eigenvalue weighted by atomic mass is 32.1. The van der Waals surface area contributed by atoms with Gasteiger partial charge in [-0.3, -0.25) is 0 Å². The Morgan fingerprint density at radius 3 is 2.46 bits per heavy atom. The molecule has 0 spiro atoms. The Morgan fingerprint density at radius 1 is 1.00 bits per heavy atom. The van der Waals surface area contributed by atoms with Gasteiger partial charge in [-0.1, -0.05) is 12.1 Å². The maximum Gasteiger partial charge on any atom is 0.150 e. The molecule has 1 aliphatic rings. The molecule has 1 aliphatic heterocycles. The van der Waals surface area contributed by atoms with Crippen LogP contribution in [0.1, 0.15) is 11.3 Å². The number of piperazine rings is 1. The maximum absolute atomic E-state index is 9.32. The third-order valence-corrected chi connectivity index (χ3v) is 5.19. The van der Waals surface area contributed by atoms with Gasteiger partial charge < -0.3 is 9.80 Å². The Bertz CT molecular complexity index is 919. The molecule has 120 valence electrons. The number of aromatic nitrogens is 2. The van der Waals surface area contributed by atoms with Crippen molar-refractivity contribution < 1.29 is 0 Å². The highest BCUT2D eigenvalue weighted by Crippen LogP contribution is 2.30. The Morgan fingerprint density at radius 2 is 1.71 bits per heavy atom. The molecule has 0 N–H and O–H groups in total. The van der Waals surface area contributed by atoms with Crippen molar-refractivity contribution in [1.29, 1.82) is 5.26 Å². The number of hydrogen-bond donors (Lipinski definition) is 0. The molecule has 0 atom stereocenters. The topological polar surface area (TPSA) is 56.1 Å². The minimum Gasteiger partial charge on any atom is -0.352 e. The number of nitrogens with zero attached hydrogens (tertiary/aromatic N) is 5. The highest BCUT2D eigenvalue weighted by molar-refractivity contribution is 7.13. The van der Waals surface area contributed by atoms with Crippen molar-refractivity contribution in [2.75, 3.05) is 36.0 Å². The van der Waals surface area contributed by atoms with Crippen molar-refractivity contribution in [3.63, 3.8) is 0 Å². The van der Waals surface area contributed by atoms with Gasteiger partial charge in [-0.05, 0) is 42.7 Å². The predicted molar refractivity (Wildman–Crippen MR) is 97.7 cm³/mol. The van der Waals surface area contributed by atoms with Crippen LogP contribution in [-0.4, -0.2) is 35.5 Å². The molecule has 0 aliphatic carbocycles. The number of aryl methyl sites for hydroxylation is 1. The molecule has 1 aromatic carbocycles. The molecule has 3 heterocycles. The van der Waals surface area contributed by atoms with E-state index in [4.69, 9.17) is 0 Å². The van der Waals surface area contributed by atoms with Gasteiger partial charge >= 0.3 is 0 Å². The van der Waals surface area contributed by atoms with Crippen molar-refractivity contribution in [2.45, 2.75) is 6.92 Å². The summed E-state index contributed by atoms with van der Waals surface area (Å²) < 4.78 is 5.87. The van der Waals surface area contributed by atoms with Gasteiger partial charge in [-0.25, -0.2) is 4.98 Å². The summed E-state index contributed by atoms with van der Waals surface area (Å²) in [6.07, 6.45) is 0. The fourth-order valence-corrected chi connectivity index (χ4v) is 3.90. The molecule has 0 amide bonds. The van der Waals surface area contributed by atoms with E-state index in [0.29, 0.717) is 5.56 Å². The molecule has 0 unspecified atom stereocenters. The van der Waals surface area contributed by atoms with Crippen LogP contribution in [0.2, 0.25) is 0 Å². The van der Waals surface area contributed by atoms with Crippen LogP contribution in [0.3, 0.4) is 0 Å². The number of pyridine rings is 1. The van der Waals surface area contributed by atoms with Crippen LogP contribution in [0.5, 0.6) is 0 Å². The Balaban J connectivity index is 1.55. The zero-order valence-electron chi connectivity index (χ0n) is 13.4. The second-order valence-electron chi connectivity index (χ2n) is 5.91. The lowest BCUT2D eigenvalue weighted by atomic mass is 10.2. The van der Waals surface area contributed by atoms with Crippen LogP contribution in [-0.2, 0) is 0 Å². The van der Waals surface area contributed by atoms with E-state index >= 15 is 0 Å². The molecule has 0 bridgehead atoms. The van der Waals surface area contributed by atoms with Gasteiger partial charge in [0.25, 0.3) is 0 Å². The number of anilines is 2. The first-order valence-electron chi connectivity index (χ1n) is 7.98. The number of benzene rings is 1. The quantitative estimate of drug-likeness (QED) is 0.720. The van der Waals surface area contributed by atoms with Gasteiger partial charge in [0, 0.05) is 37.3 Å². The molecule has 6 heteroatoms. The van der Waals surface area contributed by atoms with E-state index in [1.807, 2.05) is 19.1 Å². The molecule has 3 aromatic rings. The maximum atomic E-state index is 9.32. The zero-order chi connectivity index (χ0) is 16.5. The van der Waals surface area contributed by atoms with E-state index in [1.54, 1.807) is 11.5 Å². The monoisotopic (exact) mass is 335 g/mol. The molecule has 5 nitrogen and oxygen atoms in total. The lowest BCUT2D eigenvalue weighted by Gasteiger charge is -2.36. The summed E-state index contributed by atoms with van der Waals surface area (Å²) in [6.45, 7) is 5.42. The lowest BCUT2D eigenvalue weighted by molar-refractivity contribution is 0.644. The van der Waals surface area contributed by atoms with Crippen molar-refractivity contribution >= 4 is 33.3 Å². The van der Waals surface area contributed by atoms with E-state index in [2.05, 4.69) is 49.5 Å². The lowest BCUT2D eigenvalue weighted by Crippen LogP contribution is -2.47. The fraction of sp³-hybridized carbons (Fsp3) is 0.278. The van der Waals surface area contributed by atoms with E-state index in [-0.39, 0.29) is 0 Å². The molecular weight excluding hydrogens is 318 g/mol. The first kappa shape index (κ1) is 14.9. The van der Waals surface area contributed by atoms with Crippen molar-refractivity contribution in [3.8, 4) is 6.07 Å². The average molecular weight is 335 g/mol. The normalized spacial score (nSPS) is 14.8. The van der Waals surface area contributed by atoms with Gasteiger partial charge in [0.1, 0.15) is 17.7 Å². The molecule has 1 saturated heterocycles. The summed E-state index contributed by atoms with van der Waals surface area (Å²) in [7, 11) is 0. The summed E-state index contributed by atoms with van der Waals surface area (Å²) >= 11 is 1.55. The summed E-state index contributed by atoms with van der Waals surface area (Å²) in [5, 5.41) is 10.5. The first-order chi connectivity index (χ1) is 11.8. The van der Waals surface area contributed by atoms with Crippen molar-refractivity contribution in [2.24, 2.45) is 0 Å². The Kier molecular flexibility index (Phi) is 3.79. The van der Waals surface area contributed by atoms with E-state index in [1.165, 1.54) is 10.1 Å². The van der Waals surface area contributed by atoms with Crippen molar-refractivity contribution in [3.05, 3.63) is 47.7 Å². The standard InChI is InChI=1S/C18H17N5S/c1-13-6-7-14(12-19)17(20-13)22-8-10-23(11-9-22)18-15-4-2-3-5-16(15)24-21-18/h2-7H,8-11H2,1H3. The summed E-state index contributed by atoms with van der Waals surface area (Å²) in [5.41, 5.74) is 1.59. The minimum absolute atomic E-state index is 0.646. The second kappa shape index (κ2) is 6.10. The predicted octanol–water partition coefficient (Wildman–Crippen LogP) is 3.20. The molecule has 4 rings (SSSR count). The third-order valence-electron chi connectivity index (χ3n) is 4.37. The Hall–Kier alpha value is -2.65. The third kappa shape index (κ3) is 2.57. The van der Waals surface area contributed by atoms with E-state index in [0.717, 1.165) is 43.5 Å². The smallest absolute Gasteiger partial charge is 0.150 e. The zero-order valence-corrected chi connectivity index (χ0v) is 14.3. The fourth-order valence-electron chi connectivity index (χ4n) is 3.10. The van der Waals surface area contributed by atoms with Crippen molar-refractivity contribution in [1.82, 2.24) is 9.36 Å². The number of nitriles is 1. The molecule has 2 aromatic heterocycles. The van der Waals surface area contributed by atoms with Gasteiger partial charge in [-0.2, -0.15) is 9.64 Å². The largest absolute Gasteiger partial charge is 0.352 e. The van der Waals surface area contributed by atoms with E-state index < -0.39 is 0 Å². The van der Waals surface area contributed by atoms with Crippen LogP contribution >= 0.6 is 11.5 Å². The van der Waals surface area contributed by atoms with E-state index in [9.17, 15) is 5.26 Å². The summed E-state index contributed by atoms with van der Waals surface area (Å²) in [6, 6.07) is 14.4. The molecule has 24 heavy (non-hydrogen) atoms. The van der Waals surface area contributed by atoms with Gasteiger partial charge in [0.2, 0.25) is 0 Å². The summed E-state index contributed by atoms with van der Waals surface area (Å²) in [5.74, 6) is 1.88. The van der Waals surface area contributed by atoms with Gasteiger partial charge in [0.15, 0.2) is 0 Å². The van der Waals surface area contributed by atoms with Crippen LogP contribution in [0.15, 0.2) is 36.4 Å². The van der Waals surface area contributed by atoms with Crippen LogP contribution in [0.25, 0.3) is 10.1 Å². The minimum atomic E-state index is 0.646. The van der Waals surface area contributed by atoms with Gasteiger partial charge in [0.05, 0.1) is 10.3 Å². The van der Waals surface area contributed by atoms with Crippen LogP contribution < -0.4 is 9.80 Å². The SMILES string of the molecule is Cc1ccc(C#N)c(N2CCN(c3nsc4ccccc34)CC2)n1. The molecule has 0 radical (unpaired) electrons. The second-order valence-corrected chi connectivity index (χ2v) is 6.72. The number of rotatable bonds is 2. The first-order valence-corrected chi connectivity index (χ1v) is 8.75. The number of fused-ring (bicyclic) bond motifs is 1. The molecule has 0 saturated carbocycles. The Labute approximate surface area is 144 Å². The molecular formula is C18H17N5S. The highest BCUT2D eigenvalue weighted by Gasteiger charge is 2.23. The van der Waals surface area contributed by atoms with Crippen LogP contribution in [0.4, 0.5) is 11.6 Å². The summed E-state index contributed by atoms with van der Waals surface area (Å²) in [4.78, 5) is 9.11. The molecule has 1 fully saturated rings. The number of hydrogen-bond acceptors (Lipinski definition) is 6. The van der Waals surface area contributed by atoms with Gasteiger partial charge in [-0.15, -0.1) is 0 Å². The van der Waals surface area contributed by atoms with Crippen LogP contribution in [0, 0.1) is 18.3 Å².